The van der Waals surface area contributed by atoms with E-state index < -0.39 is 20.5 Å². The van der Waals surface area contributed by atoms with Gasteiger partial charge in [0.05, 0.1) is 28.2 Å². The van der Waals surface area contributed by atoms with Gasteiger partial charge in [-0.2, -0.15) is 5.26 Å². The molecule has 1 aliphatic rings. The first-order chi connectivity index (χ1) is 8.96. The Morgan fingerprint density at radius 3 is 2.58 bits per heavy atom. The van der Waals surface area contributed by atoms with Crippen molar-refractivity contribution in [1.82, 2.24) is 0 Å². The Kier molecular flexibility index (Phi) is 3.66. The Morgan fingerprint density at radius 2 is 2.05 bits per heavy atom. The lowest BCUT2D eigenvalue weighted by molar-refractivity contribution is 0.119. The highest BCUT2D eigenvalue weighted by Gasteiger charge is 2.62. The molecule has 1 aromatic carbocycles. The van der Waals surface area contributed by atoms with Crippen molar-refractivity contribution in [2.24, 2.45) is 5.41 Å². The highest BCUT2D eigenvalue weighted by molar-refractivity contribution is 7.92. The van der Waals surface area contributed by atoms with Crippen LogP contribution in [0.1, 0.15) is 18.9 Å². The van der Waals surface area contributed by atoms with Gasteiger partial charge in [0.25, 0.3) is 0 Å². The molecular formula is C14H17NO3S. The lowest BCUT2D eigenvalue weighted by atomic mass is 10.1. The third-order valence-corrected chi connectivity index (χ3v) is 5.81. The molecule has 4 nitrogen and oxygen atoms in total. The number of nitrogens with zero attached hydrogens (tertiary/aromatic N) is 1. The van der Waals surface area contributed by atoms with Gasteiger partial charge in [-0.15, -0.1) is 0 Å². The van der Waals surface area contributed by atoms with Gasteiger partial charge in [0.15, 0.2) is 9.84 Å². The summed E-state index contributed by atoms with van der Waals surface area (Å²) in [6.45, 7) is 4.41. The van der Waals surface area contributed by atoms with E-state index in [1.807, 2.05) is 13.8 Å². The summed E-state index contributed by atoms with van der Waals surface area (Å²) in [5.74, 6) is 0. The molecule has 0 N–H and O–H groups in total. The number of nitriles is 1. The summed E-state index contributed by atoms with van der Waals surface area (Å²) >= 11 is 0. The van der Waals surface area contributed by atoms with E-state index in [9.17, 15) is 13.7 Å². The monoisotopic (exact) mass is 279 g/mol. The molecule has 19 heavy (non-hydrogen) atoms. The van der Waals surface area contributed by atoms with Crippen LogP contribution in [0, 0.1) is 23.7 Å². The van der Waals surface area contributed by atoms with Crippen molar-refractivity contribution in [3.05, 3.63) is 29.8 Å². The van der Waals surface area contributed by atoms with E-state index in [0.717, 1.165) is 5.56 Å². The molecule has 1 saturated carbocycles. The van der Waals surface area contributed by atoms with Crippen LogP contribution in [-0.4, -0.2) is 26.9 Å². The molecule has 0 radical (unpaired) electrons. The molecule has 0 heterocycles. The molecule has 2 rings (SSSR count). The molecule has 0 saturated heterocycles. The van der Waals surface area contributed by atoms with Gasteiger partial charge in [-0.05, 0) is 32.4 Å². The minimum absolute atomic E-state index is 0.190. The van der Waals surface area contributed by atoms with Gasteiger partial charge in [0, 0.05) is 6.61 Å². The number of hydrogen-bond acceptors (Lipinski definition) is 4. The predicted octanol–water partition coefficient (Wildman–Crippen LogP) is 2.09. The fourth-order valence-corrected chi connectivity index (χ4v) is 4.23. The maximum absolute atomic E-state index is 12.4. The zero-order valence-corrected chi connectivity index (χ0v) is 11.9. The first-order valence-electron chi connectivity index (χ1n) is 6.26. The van der Waals surface area contributed by atoms with E-state index in [1.165, 1.54) is 0 Å². The summed E-state index contributed by atoms with van der Waals surface area (Å²) in [5.41, 5.74) is 0.148. The zero-order chi connectivity index (χ0) is 14.1. The fraction of sp³-hybridized carbons (Fsp3) is 0.500. The highest BCUT2D eigenvalue weighted by Crippen LogP contribution is 2.52. The van der Waals surface area contributed by atoms with Crippen molar-refractivity contribution in [3.63, 3.8) is 0 Å². The quantitative estimate of drug-likeness (QED) is 0.827. The van der Waals surface area contributed by atoms with Crippen LogP contribution in [0.25, 0.3) is 0 Å². The van der Waals surface area contributed by atoms with Crippen molar-refractivity contribution < 1.29 is 13.2 Å². The highest BCUT2D eigenvalue weighted by atomic mass is 32.2. The fourth-order valence-electron chi connectivity index (χ4n) is 2.16. The molecular weight excluding hydrogens is 262 g/mol. The van der Waals surface area contributed by atoms with Crippen molar-refractivity contribution >= 4 is 9.84 Å². The largest absolute Gasteiger partial charge is 0.380 e. The summed E-state index contributed by atoms with van der Waals surface area (Å²) in [6.07, 6.45) is 0.361. The van der Waals surface area contributed by atoms with Crippen LogP contribution in [-0.2, 0) is 14.6 Å². The molecule has 1 aromatic rings. The van der Waals surface area contributed by atoms with Crippen molar-refractivity contribution in [3.8, 4) is 6.07 Å². The molecule has 1 fully saturated rings. The van der Waals surface area contributed by atoms with Gasteiger partial charge in [0.2, 0.25) is 0 Å². The van der Waals surface area contributed by atoms with Crippen LogP contribution in [0.4, 0.5) is 0 Å². The van der Waals surface area contributed by atoms with Crippen LogP contribution in [0.5, 0.6) is 0 Å². The second-order valence-electron chi connectivity index (χ2n) is 4.96. The van der Waals surface area contributed by atoms with Gasteiger partial charge in [0.1, 0.15) is 0 Å². The van der Waals surface area contributed by atoms with Crippen LogP contribution >= 0.6 is 0 Å². The molecule has 0 amide bonds. The molecule has 0 unspecified atom stereocenters. The summed E-state index contributed by atoms with van der Waals surface area (Å²) in [7, 11) is -3.44. The molecule has 102 valence electrons. The SMILES string of the molecule is CCOC[C@]1(C#N)C[C@@H]1S(=O)(=O)c1ccc(C)cc1. The normalized spacial score (nSPS) is 25.8. The Hall–Kier alpha value is -1.38. The first kappa shape index (κ1) is 14.0. The Balaban J connectivity index is 2.23. The number of ether oxygens (including phenoxy) is 1. The zero-order valence-electron chi connectivity index (χ0n) is 11.1. The van der Waals surface area contributed by atoms with E-state index in [1.54, 1.807) is 24.3 Å². The van der Waals surface area contributed by atoms with Gasteiger partial charge in [-0.3, -0.25) is 0 Å². The minimum atomic E-state index is -3.44. The standard InChI is InChI=1S/C14H17NO3S/c1-3-18-10-14(9-15)8-13(14)19(16,17)12-6-4-11(2)5-7-12/h4-7,13H,3,8,10H2,1-2H3/t13-,14+/m0/s1. The second-order valence-corrected chi connectivity index (χ2v) is 7.09. The molecule has 0 bridgehead atoms. The van der Waals surface area contributed by atoms with E-state index in [4.69, 9.17) is 4.74 Å². The number of aryl methyl sites for hydroxylation is 1. The van der Waals surface area contributed by atoms with E-state index in [-0.39, 0.29) is 11.5 Å². The van der Waals surface area contributed by atoms with Crippen molar-refractivity contribution in [1.29, 1.82) is 5.26 Å². The molecule has 0 aliphatic heterocycles. The summed E-state index contributed by atoms with van der Waals surface area (Å²) in [6, 6.07) is 8.87. The van der Waals surface area contributed by atoms with E-state index in [2.05, 4.69) is 6.07 Å². The van der Waals surface area contributed by atoms with Crippen molar-refractivity contribution in [2.75, 3.05) is 13.2 Å². The first-order valence-corrected chi connectivity index (χ1v) is 7.80. The van der Waals surface area contributed by atoms with Crippen LogP contribution in [0.15, 0.2) is 29.2 Å². The smallest absolute Gasteiger partial charge is 0.182 e. The summed E-state index contributed by atoms with van der Waals surface area (Å²) in [4.78, 5) is 0.289. The second kappa shape index (κ2) is 4.95. The molecule has 2 atom stereocenters. The average molecular weight is 279 g/mol. The van der Waals surface area contributed by atoms with Gasteiger partial charge >= 0.3 is 0 Å². The topological polar surface area (TPSA) is 67.2 Å². The Morgan fingerprint density at radius 1 is 1.42 bits per heavy atom. The summed E-state index contributed by atoms with van der Waals surface area (Å²) in [5, 5.41) is 8.57. The average Bonchev–Trinajstić information content (AvgIpc) is 3.13. The lowest BCUT2D eigenvalue weighted by Gasteiger charge is -2.09. The Bertz CT molecular complexity index is 601. The predicted molar refractivity (Wildman–Crippen MR) is 71.3 cm³/mol. The molecule has 0 spiro atoms. The molecule has 1 aliphatic carbocycles. The number of rotatable bonds is 5. The number of sulfone groups is 1. The maximum Gasteiger partial charge on any atom is 0.182 e. The third-order valence-electron chi connectivity index (χ3n) is 3.52. The van der Waals surface area contributed by atoms with Gasteiger partial charge in [-0.1, -0.05) is 17.7 Å². The Labute approximate surface area is 113 Å². The van der Waals surface area contributed by atoms with E-state index in [0.29, 0.717) is 13.0 Å². The van der Waals surface area contributed by atoms with Crippen LogP contribution in [0.3, 0.4) is 0 Å². The maximum atomic E-state index is 12.4. The molecule has 5 heteroatoms. The van der Waals surface area contributed by atoms with E-state index >= 15 is 0 Å². The van der Waals surface area contributed by atoms with Crippen LogP contribution in [0.2, 0.25) is 0 Å². The minimum Gasteiger partial charge on any atom is -0.380 e. The number of benzene rings is 1. The van der Waals surface area contributed by atoms with Gasteiger partial charge in [-0.25, -0.2) is 8.42 Å². The third kappa shape index (κ3) is 2.51. The lowest BCUT2D eigenvalue weighted by Crippen LogP contribution is -2.19. The molecule has 0 aromatic heterocycles. The summed E-state index contributed by atoms with van der Waals surface area (Å²) < 4.78 is 30.1. The van der Waals surface area contributed by atoms with Crippen LogP contribution < -0.4 is 0 Å². The number of hydrogen-bond donors (Lipinski definition) is 0. The van der Waals surface area contributed by atoms with Crippen molar-refractivity contribution in [2.45, 2.75) is 30.4 Å². The van der Waals surface area contributed by atoms with Gasteiger partial charge < -0.3 is 4.74 Å².